The summed E-state index contributed by atoms with van der Waals surface area (Å²) in [4.78, 5) is 8.83. The van der Waals surface area contributed by atoms with E-state index in [1.165, 1.54) is 12.8 Å². The van der Waals surface area contributed by atoms with E-state index in [9.17, 15) is 0 Å². The SMILES string of the molecule is CC(Nc1cc(Cl)nc(-c2ccccc2)n1)C1CC1. The highest BCUT2D eigenvalue weighted by atomic mass is 35.5. The van der Waals surface area contributed by atoms with Crippen molar-refractivity contribution in [2.75, 3.05) is 5.32 Å². The summed E-state index contributed by atoms with van der Waals surface area (Å²) < 4.78 is 0. The number of nitrogens with one attached hydrogen (secondary N) is 1. The summed E-state index contributed by atoms with van der Waals surface area (Å²) in [5.74, 6) is 2.24. The van der Waals surface area contributed by atoms with E-state index in [1.54, 1.807) is 6.07 Å². The summed E-state index contributed by atoms with van der Waals surface area (Å²) in [7, 11) is 0. The fourth-order valence-electron chi connectivity index (χ4n) is 2.16. The smallest absolute Gasteiger partial charge is 0.163 e. The van der Waals surface area contributed by atoms with Crippen molar-refractivity contribution >= 4 is 17.4 Å². The second-order valence-corrected chi connectivity index (χ2v) is 5.42. The van der Waals surface area contributed by atoms with Crippen LogP contribution in [0.2, 0.25) is 5.15 Å². The van der Waals surface area contributed by atoms with E-state index in [0.717, 1.165) is 17.3 Å². The monoisotopic (exact) mass is 273 g/mol. The lowest BCUT2D eigenvalue weighted by Crippen LogP contribution is -2.18. The van der Waals surface area contributed by atoms with Gasteiger partial charge in [0.1, 0.15) is 11.0 Å². The lowest BCUT2D eigenvalue weighted by Gasteiger charge is -2.14. The molecule has 19 heavy (non-hydrogen) atoms. The Balaban J connectivity index is 1.87. The van der Waals surface area contributed by atoms with Gasteiger partial charge in [-0.3, -0.25) is 0 Å². The summed E-state index contributed by atoms with van der Waals surface area (Å²) in [6.07, 6.45) is 2.61. The van der Waals surface area contributed by atoms with Gasteiger partial charge in [-0.1, -0.05) is 41.9 Å². The molecule has 0 bridgehead atoms. The van der Waals surface area contributed by atoms with Gasteiger partial charge in [0.15, 0.2) is 5.82 Å². The Labute approximate surface area is 118 Å². The number of hydrogen-bond acceptors (Lipinski definition) is 3. The molecule has 0 amide bonds. The van der Waals surface area contributed by atoms with Crippen LogP contribution in [0.25, 0.3) is 11.4 Å². The summed E-state index contributed by atoms with van der Waals surface area (Å²) in [5, 5.41) is 3.89. The molecule has 1 aromatic heterocycles. The summed E-state index contributed by atoms with van der Waals surface area (Å²) >= 11 is 6.09. The summed E-state index contributed by atoms with van der Waals surface area (Å²) in [5.41, 5.74) is 0.979. The van der Waals surface area contributed by atoms with E-state index >= 15 is 0 Å². The van der Waals surface area contributed by atoms with E-state index < -0.39 is 0 Å². The number of hydrogen-bond donors (Lipinski definition) is 1. The maximum absolute atomic E-state index is 6.09. The molecule has 1 atom stereocenters. The van der Waals surface area contributed by atoms with Gasteiger partial charge in [0, 0.05) is 17.7 Å². The molecule has 98 valence electrons. The first-order valence-corrected chi connectivity index (χ1v) is 6.97. The minimum absolute atomic E-state index is 0.439. The van der Waals surface area contributed by atoms with Gasteiger partial charge in [0.25, 0.3) is 0 Å². The fraction of sp³-hybridized carbons (Fsp3) is 0.333. The quantitative estimate of drug-likeness (QED) is 0.856. The molecule has 0 radical (unpaired) electrons. The Bertz CT molecular complexity index is 567. The average Bonchev–Trinajstić information content (AvgIpc) is 3.23. The molecule has 3 nitrogen and oxygen atoms in total. The second kappa shape index (κ2) is 5.17. The summed E-state index contributed by atoms with van der Waals surface area (Å²) in [6.45, 7) is 2.19. The van der Waals surface area contributed by atoms with E-state index in [4.69, 9.17) is 11.6 Å². The average molecular weight is 274 g/mol. The predicted molar refractivity (Wildman–Crippen MR) is 78.3 cm³/mol. The highest BCUT2D eigenvalue weighted by molar-refractivity contribution is 6.29. The molecule has 1 aromatic carbocycles. The van der Waals surface area contributed by atoms with Crippen LogP contribution in [0, 0.1) is 5.92 Å². The summed E-state index contributed by atoms with van der Waals surface area (Å²) in [6, 6.07) is 12.1. The Hall–Kier alpha value is -1.61. The van der Waals surface area contributed by atoms with Crippen LogP contribution in [0.1, 0.15) is 19.8 Å². The molecule has 1 aliphatic rings. The molecule has 0 saturated heterocycles. The molecule has 1 unspecified atom stereocenters. The highest BCUT2D eigenvalue weighted by Crippen LogP contribution is 2.34. The minimum atomic E-state index is 0.439. The van der Waals surface area contributed by atoms with Gasteiger partial charge in [0.05, 0.1) is 0 Å². The Morgan fingerprint density at radius 1 is 1.21 bits per heavy atom. The van der Waals surface area contributed by atoms with Crippen molar-refractivity contribution in [2.45, 2.75) is 25.8 Å². The molecular weight excluding hydrogens is 258 g/mol. The zero-order valence-electron chi connectivity index (χ0n) is 10.8. The first kappa shape index (κ1) is 12.4. The fourth-order valence-corrected chi connectivity index (χ4v) is 2.34. The van der Waals surface area contributed by atoms with Crippen LogP contribution in [-0.2, 0) is 0 Å². The van der Waals surface area contributed by atoms with Crippen LogP contribution < -0.4 is 5.32 Å². The minimum Gasteiger partial charge on any atom is -0.367 e. The Kier molecular flexibility index (Phi) is 3.38. The third-order valence-electron chi connectivity index (χ3n) is 3.43. The Morgan fingerprint density at radius 3 is 2.63 bits per heavy atom. The highest BCUT2D eigenvalue weighted by Gasteiger charge is 2.28. The van der Waals surface area contributed by atoms with Crippen LogP contribution in [0.4, 0.5) is 5.82 Å². The van der Waals surface area contributed by atoms with Crippen LogP contribution in [0.15, 0.2) is 36.4 Å². The number of rotatable bonds is 4. The van der Waals surface area contributed by atoms with Crippen LogP contribution in [0.5, 0.6) is 0 Å². The number of halogens is 1. The second-order valence-electron chi connectivity index (χ2n) is 5.04. The van der Waals surface area contributed by atoms with Gasteiger partial charge in [-0.15, -0.1) is 0 Å². The molecule has 1 heterocycles. The maximum atomic E-state index is 6.09. The van der Waals surface area contributed by atoms with Crippen LogP contribution in [0.3, 0.4) is 0 Å². The third kappa shape index (κ3) is 3.04. The van der Waals surface area contributed by atoms with Crippen molar-refractivity contribution in [3.8, 4) is 11.4 Å². The van der Waals surface area contributed by atoms with Crippen LogP contribution >= 0.6 is 11.6 Å². The zero-order valence-corrected chi connectivity index (χ0v) is 11.6. The van der Waals surface area contributed by atoms with Crippen molar-refractivity contribution < 1.29 is 0 Å². The lowest BCUT2D eigenvalue weighted by molar-refractivity contribution is 0.690. The standard InChI is InChI=1S/C15H16ClN3/c1-10(11-7-8-11)17-14-9-13(16)18-15(19-14)12-5-3-2-4-6-12/h2-6,9-11H,7-8H2,1H3,(H,17,18,19). The van der Waals surface area contributed by atoms with E-state index in [-0.39, 0.29) is 0 Å². The normalized spacial score (nSPS) is 16.1. The third-order valence-corrected chi connectivity index (χ3v) is 3.63. The van der Waals surface area contributed by atoms with Crippen molar-refractivity contribution in [1.82, 2.24) is 9.97 Å². The first-order chi connectivity index (χ1) is 9.22. The molecule has 3 rings (SSSR count). The van der Waals surface area contributed by atoms with Gasteiger partial charge >= 0.3 is 0 Å². The largest absolute Gasteiger partial charge is 0.367 e. The van der Waals surface area contributed by atoms with Crippen molar-refractivity contribution in [3.63, 3.8) is 0 Å². The maximum Gasteiger partial charge on any atom is 0.163 e. The van der Waals surface area contributed by atoms with Gasteiger partial charge in [-0.25, -0.2) is 9.97 Å². The predicted octanol–water partition coefficient (Wildman–Crippen LogP) is 4.01. The molecule has 0 spiro atoms. The topological polar surface area (TPSA) is 37.8 Å². The molecule has 1 N–H and O–H groups in total. The van der Waals surface area contributed by atoms with Gasteiger partial charge in [0.2, 0.25) is 0 Å². The van der Waals surface area contributed by atoms with Gasteiger partial charge in [-0.2, -0.15) is 0 Å². The Morgan fingerprint density at radius 2 is 1.95 bits per heavy atom. The molecule has 1 fully saturated rings. The number of nitrogens with zero attached hydrogens (tertiary/aromatic N) is 2. The molecule has 1 saturated carbocycles. The number of aromatic nitrogens is 2. The first-order valence-electron chi connectivity index (χ1n) is 6.59. The molecule has 0 aliphatic heterocycles. The van der Waals surface area contributed by atoms with E-state index in [1.807, 2.05) is 30.3 Å². The van der Waals surface area contributed by atoms with Crippen molar-refractivity contribution in [1.29, 1.82) is 0 Å². The molecular formula is C15H16ClN3. The van der Waals surface area contributed by atoms with E-state index in [0.29, 0.717) is 17.0 Å². The van der Waals surface area contributed by atoms with Crippen molar-refractivity contribution in [3.05, 3.63) is 41.6 Å². The van der Waals surface area contributed by atoms with Crippen molar-refractivity contribution in [2.24, 2.45) is 5.92 Å². The van der Waals surface area contributed by atoms with Gasteiger partial charge in [-0.05, 0) is 25.7 Å². The zero-order chi connectivity index (χ0) is 13.2. The number of anilines is 1. The molecule has 1 aliphatic carbocycles. The van der Waals surface area contributed by atoms with E-state index in [2.05, 4.69) is 22.2 Å². The molecule has 4 heteroatoms. The molecule has 2 aromatic rings. The number of benzene rings is 1. The lowest BCUT2D eigenvalue weighted by atomic mass is 10.2. The van der Waals surface area contributed by atoms with Gasteiger partial charge < -0.3 is 5.32 Å². The van der Waals surface area contributed by atoms with Crippen LogP contribution in [-0.4, -0.2) is 16.0 Å².